The summed E-state index contributed by atoms with van der Waals surface area (Å²) in [6, 6.07) is 5.37. The summed E-state index contributed by atoms with van der Waals surface area (Å²) in [6.07, 6.45) is 2.82. The first-order valence-electron chi connectivity index (χ1n) is 5.73. The number of aromatic carboxylic acids is 1. The molecule has 0 saturated heterocycles. The van der Waals surface area contributed by atoms with E-state index in [-0.39, 0.29) is 0 Å². The largest absolute Gasteiger partial charge is 0.478 e. The molecule has 0 saturated carbocycles. The number of hydrogen-bond acceptors (Lipinski definition) is 2. The van der Waals surface area contributed by atoms with Crippen molar-refractivity contribution in [3.05, 3.63) is 35.5 Å². The molecule has 4 nitrogen and oxygen atoms in total. The Bertz CT molecular complexity index is 558. The molecule has 1 aromatic heterocycles. The Morgan fingerprint density at radius 2 is 2.24 bits per heavy atom. The lowest BCUT2D eigenvalue weighted by atomic mass is 10.1. The fourth-order valence-corrected chi connectivity index (χ4v) is 2.21. The molecule has 0 unspecified atom stereocenters. The fourth-order valence-electron chi connectivity index (χ4n) is 2.21. The van der Waals surface area contributed by atoms with E-state index in [4.69, 9.17) is 5.73 Å². The molecule has 2 aromatic rings. The number of fused-ring (bicyclic) bond motifs is 1. The molecule has 1 heterocycles. The van der Waals surface area contributed by atoms with Gasteiger partial charge in [-0.25, -0.2) is 4.79 Å². The maximum atomic E-state index is 11.2. The third kappa shape index (κ3) is 1.91. The highest BCUT2D eigenvalue weighted by molar-refractivity contribution is 6.04. The third-order valence-corrected chi connectivity index (χ3v) is 2.97. The Morgan fingerprint density at radius 3 is 2.82 bits per heavy atom. The van der Waals surface area contributed by atoms with E-state index in [1.54, 1.807) is 12.1 Å². The molecule has 0 aliphatic rings. The molecular weight excluding hydrogens is 216 g/mol. The van der Waals surface area contributed by atoms with Gasteiger partial charge >= 0.3 is 5.97 Å². The van der Waals surface area contributed by atoms with Crippen LogP contribution in [0.2, 0.25) is 0 Å². The first kappa shape index (κ1) is 11.7. The van der Waals surface area contributed by atoms with Gasteiger partial charge in [0.2, 0.25) is 0 Å². The smallest absolute Gasteiger partial charge is 0.336 e. The zero-order valence-electron chi connectivity index (χ0n) is 9.81. The van der Waals surface area contributed by atoms with Crippen LogP contribution in [-0.4, -0.2) is 22.2 Å². The average molecular weight is 232 g/mol. The van der Waals surface area contributed by atoms with Gasteiger partial charge in [0.1, 0.15) is 0 Å². The van der Waals surface area contributed by atoms with Crippen LogP contribution in [0.4, 0.5) is 0 Å². The second kappa shape index (κ2) is 4.59. The highest BCUT2D eigenvalue weighted by Crippen LogP contribution is 2.25. The van der Waals surface area contributed by atoms with E-state index in [9.17, 15) is 9.90 Å². The van der Waals surface area contributed by atoms with Crippen molar-refractivity contribution in [2.45, 2.75) is 19.9 Å². The normalized spacial score (nSPS) is 10.9. The Labute approximate surface area is 99.7 Å². The molecule has 0 aliphatic carbocycles. The molecule has 0 bridgehead atoms. The van der Waals surface area contributed by atoms with E-state index in [2.05, 4.69) is 0 Å². The zero-order chi connectivity index (χ0) is 12.4. The SMILES string of the molecule is CCc1cn(CCN)c2cccc(C(=O)O)c12. The van der Waals surface area contributed by atoms with Crippen LogP contribution in [0.15, 0.2) is 24.4 Å². The van der Waals surface area contributed by atoms with E-state index in [0.29, 0.717) is 18.7 Å². The van der Waals surface area contributed by atoms with Gasteiger partial charge in [-0.1, -0.05) is 13.0 Å². The van der Waals surface area contributed by atoms with Crippen molar-refractivity contribution in [1.29, 1.82) is 0 Å². The molecule has 0 amide bonds. The number of nitrogens with zero attached hydrogens (tertiary/aromatic N) is 1. The maximum Gasteiger partial charge on any atom is 0.336 e. The second-order valence-corrected chi connectivity index (χ2v) is 3.99. The van der Waals surface area contributed by atoms with Gasteiger partial charge < -0.3 is 15.4 Å². The zero-order valence-corrected chi connectivity index (χ0v) is 9.81. The van der Waals surface area contributed by atoms with Gasteiger partial charge in [-0.3, -0.25) is 0 Å². The minimum Gasteiger partial charge on any atom is -0.478 e. The first-order chi connectivity index (χ1) is 8.19. The van der Waals surface area contributed by atoms with Crippen LogP contribution in [0.1, 0.15) is 22.8 Å². The molecule has 90 valence electrons. The van der Waals surface area contributed by atoms with Crippen molar-refractivity contribution in [3.8, 4) is 0 Å². The number of carbonyl (C=O) groups is 1. The average Bonchev–Trinajstić information content (AvgIpc) is 2.68. The standard InChI is InChI=1S/C13H16N2O2/c1-2-9-8-15(7-6-14)11-5-3-4-10(12(9)11)13(16)17/h3-5,8H,2,6-7,14H2,1H3,(H,16,17). The predicted octanol–water partition coefficient (Wildman–Crippen LogP) is 1.86. The highest BCUT2D eigenvalue weighted by atomic mass is 16.4. The minimum atomic E-state index is -0.879. The van der Waals surface area contributed by atoms with Crippen molar-refractivity contribution in [2.75, 3.05) is 6.54 Å². The summed E-state index contributed by atoms with van der Waals surface area (Å²) < 4.78 is 2.03. The van der Waals surface area contributed by atoms with E-state index in [1.807, 2.05) is 23.8 Å². The lowest BCUT2D eigenvalue weighted by Crippen LogP contribution is -2.08. The van der Waals surface area contributed by atoms with Gasteiger partial charge in [0.05, 0.1) is 5.56 Å². The number of aromatic nitrogens is 1. The van der Waals surface area contributed by atoms with E-state index >= 15 is 0 Å². The monoisotopic (exact) mass is 232 g/mol. The summed E-state index contributed by atoms with van der Waals surface area (Å²) in [5.74, 6) is -0.879. The Hall–Kier alpha value is -1.81. The molecule has 0 radical (unpaired) electrons. The van der Waals surface area contributed by atoms with Crippen molar-refractivity contribution >= 4 is 16.9 Å². The Kier molecular flexibility index (Phi) is 3.15. The summed E-state index contributed by atoms with van der Waals surface area (Å²) in [5.41, 5.74) is 7.95. The lowest BCUT2D eigenvalue weighted by molar-refractivity contribution is 0.0699. The quantitative estimate of drug-likeness (QED) is 0.845. The van der Waals surface area contributed by atoms with Crippen LogP contribution < -0.4 is 5.73 Å². The Balaban J connectivity index is 2.75. The molecule has 0 fully saturated rings. The number of nitrogens with two attached hydrogens (primary N) is 1. The van der Waals surface area contributed by atoms with Gasteiger partial charge in [0.25, 0.3) is 0 Å². The van der Waals surface area contributed by atoms with Gasteiger partial charge in [-0.15, -0.1) is 0 Å². The van der Waals surface area contributed by atoms with Crippen molar-refractivity contribution in [1.82, 2.24) is 4.57 Å². The summed E-state index contributed by atoms with van der Waals surface area (Å²) in [7, 11) is 0. The van der Waals surface area contributed by atoms with E-state index < -0.39 is 5.97 Å². The van der Waals surface area contributed by atoms with E-state index in [0.717, 1.165) is 22.9 Å². The van der Waals surface area contributed by atoms with Crippen LogP contribution in [0, 0.1) is 0 Å². The molecular formula is C13H16N2O2. The molecule has 0 aliphatic heterocycles. The Morgan fingerprint density at radius 1 is 1.47 bits per heavy atom. The molecule has 2 rings (SSSR count). The van der Waals surface area contributed by atoms with Gasteiger partial charge in [0, 0.05) is 30.2 Å². The predicted molar refractivity (Wildman–Crippen MR) is 67.3 cm³/mol. The van der Waals surface area contributed by atoms with Gasteiger partial charge in [-0.05, 0) is 24.1 Å². The molecule has 0 spiro atoms. The molecule has 0 atom stereocenters. The van der Waals surface area contributed by atoms with Crippen LogP contribution >= 0.6 is 0 Å². The van der Waals surface area contributed by atoms with Crippen LogP contribution in [0.25, 0.3) is 10.9 Å². The molecule has 3 N–H and O–H groups in total. The number of hydrogen-bond donors (Lipinski definition) is 2. The number of benzene rings is 1. The molecule has 1 aromatic carbocycles. The number of rotatable bonds is 4. The minimum absolute atomic E-state index is 0.370. The summed E-state index contributed by atoms with van der Waals surface area (Å²) in [4.78, 5) is 11.2. The maximum absolute atomic E-state index is 11.2. The van der Waals surface area contributed by atoms with Crippen LogP contribution in [-0.2, 0) is 13.0 Å². The van der Waals surface area contributed by atoms with Gasteiger partial charge in [0.15, 0.2) is 0 Å². The topological polar surface area (TPSA) is 68.2 Å². The highest BCUT2D eigenvalue weighted by Gasteiger charge is 2.14. The van der Waals surface area contributed by atoms with Crippen molar-refractivity contribution in [2.24, 2.45) is 5.73 Å². The lowest BCUT2D eigenvalue weighted by Gasteiger charge is -2.03. The van der Waals surface area contributed by atoms with Crippen LogP contribution in [0.5, 0.6) is 0 Å². The first-order valence-corrected chi connectivity index (χ1v) is 5.73. The summed E-state index contributed by atoms with van der Waals surface area (Å²) >= 11 is 0. The summed E-state index contributed by atoms with van der Waals surface area (Å²) in [5, 5.41) is 10.1. The van der Waals surface area contributed by atoms with Crippen LogP contribution in [0.3, 0.4) is 0 Å². The van der Waals surface area contributed by atoms with Gasteiger partial charge in [-0.2, -0.15) is 0 Å². The van der Waals surface area contributed by atoms with Crippen molar-refractivity contribution in [3.63, 3.8) is 0 Å². The summed E-state index contributed by atoms with van der Waals surface area (Å²) in [6.45, 7) is 3.28. The van der Waals surface area contributed by atoms with Crippen molar-refractivity contribution < 1.29 is 9.90 Å². The molecule has 4 heteroatoms. The van der Waals surface area contributed by atoms with E-state index in [1.165, 1.54) is 0 Å². The third-order valence-electron chi connectivity index (χ3n) is 2.97. The second-order valence-electron chi connectivity index (χ2n) is 3.99. The molecule has 17 heavy (non-hydrogen) atoms. The fraction of sp³-hybridized carbons (Fsp3) is 0.308. The number of carboxylic acid groups (broad SMARTS) is 1. The number of carboxylic acids is 1. The number of aryl methyl sites for hydroxylation is 1.